The zero-order chi connectivity index (χ0) is 9.78. The molecule has 0 heterocycles. The monoisotopic (exact) mass is 216 g/mol. The second-order valence-corrected chi connectivity index (χ2v) is 11.7. The Balaban J connectivity index is 2.76. The maximum Gasteiger partial charge on any atom is 0.00770 e. The van der Waals surface area contributed by atoms with Gasteiger partial charge >= 0.3 is 0 Å². The first-order valence-electron chi connectivity index (χ1n) is 6.41. The zero-order valence-corrected chi connectivity index (χ0v) is 12.6. The van der Waals surface area contributed by atoms with Gasteiger partial charge in [0.15, 0.2) is 0 Å². The fraction of sp³-hybridized carbons (Fsp3) is 1.00. The van der Waals surface area contributed by atoms with Crippen LogP contribution in [0.4, 0.5) is 0 Å². The number of hydrogen-bond donors (Lipinski definition) is 0. The summed E-state index contributed by atoms with van der Waals surface area (Å²) in [5.41, 5.74) is 0. The van der Waals surface area contributed by atoms with Crippen LogP contribution < -0.4 is 0 Å². The topological polar surface area (TPSA) is 0 Å². The van der Waals surface area contributed by atoms with Crippen molar-refractivity contribution in [1.29, 1.82) is 0 Å². The van der Waals surface area contributed by atoms with Gasteiger partial charge in [-0.1, -0.05) is 70.9 Å². The number of unbranched alkanes of at least 4 members (excludes halogenated alkanes) is 7. The molecule has 0 spiro atoms. The van der Waals surface area contributed by atoms with Gasteiger partial charge in [-0.25, -0.2) is 0 Å². The van der Waals surface area contributed by atoms with Gasteiger partial charge in [0.25, 0.3) is 0 Å². The highest BCUT2D eigenvalue weighted by atomic mass is 29.1. The van der Waals surface area contributed by atoms with Gasteiger partial charge in [-0.05, 0) is 0 Å². The van der Waals surface area contributed by atoms with Crippen LogP contribution in [0.3, 0.4) is 0 Å². The van der Waals surface area contributed by atoms with Crippen LogP contribution in [-0.4, -0.2) is 18.1 Å². The molecule has 0 saturated carbocycles. The molecule has 0 aromatic heterocycles. The summed E-state index contributed by atoms with van der Waals surface area (Å²) >= 11 is 0. The first-order valence-corrected chi connectivity index (χ1v) is 12.8. The summed E-state index contributed by atoms with van der Waals surface area (Å²) in [7, 11) is 1.02. The molecule has 13 heavy (non-hydrogen) atoms. The van der Waals surface area contributed by atoms with Crippen LogP contribution in [0.5, 0.6) is 0 Å². The molecule has 0 amide bonds. The molecule has 0 rings (SSSR count). The quantitative estimate of drug-likeness (QED) is 0.389. The van der Waals surface area contributed by atoms with E-state index < -0.39 is 0 Å². The molecule has 2 heteroatoms. The lowest BCUT2D eigenvalue weighted by atomic mass is 10.1. The molecule has 0 aliphatic carbocycles. The Labute approximate surface area is 89.3 Å². The van der Waals surface area contributed by atoms with E-state index >= 15 is 0 Å². The van der Waals surface area contributed by atoms with E-state index in [2.05, 4.69) is 13.5 Å². The highest BCUT2D eigenvalue weighted by Crippen LogP contribution is 2.09. The molecule has 80 valence electrons. The Bertz CT molecular complexity index is 74.2. The van der Waals surface area contributed by atoms with E-state index in [1.54, 1.807) is 12.5 Å². The molecule has 0 radical (unpaired) electrons. The van der Waals surface area contributed by atoms with E-state index in [9.17, 15) is 0 Å². The molecule has 0 saturated heterocycles. The van der Waals surface area contributed by atoms with E-state index in [0.717, 1.165) is 0 Å². The van der Waals surface area contributed by atoms with Crippen LogP contribution >= 0.6 is 0 Å². The summed E-state index contributed by atoms with van der Waals surface area (Å²) in [5.74, 6) is 0. The van der Waals surface area contributed by atoms with Crippen molar-refractivity contribution in [1.82, 2.24) is 0 Å². The SMILES string of the molecule is CCCCCCCCCC[SiH2][SiH2]C. The lowest BCUT2D eigenvalue weighted by Gasteiger charge is -2.00. The first kappa shape index (κ1) is 13.4. The maximum atomic E-state index is 2.48. The van der Waals surface area contributed by atoms with Crippen molar-refractivity contribution in [3.05, 3.63) is 0 Å². The summed E-state index contributed by atoms with van der Waals surface area (Å²) in [6, 6.07) is 1.66. The van der Waals surface area contributed by atoms with Crippen LogP contribution in [-0.2, 0) is 0 Å². The Kier molecular flexibility index (Phi) is 12.8. The van der Waals surface area contributed by atoms with Crippen LogP contribution in [0.1, 0.15) is 58.3 Å². The fourth-order valence-corrected chi connectivity index (χ4v) is 5.51. The molecule has 0 atom stereocenters. The molecule has 0 N–H and O–H groups in total. The van der Waals surface area contributed by atoms with Gasteiger partial charge in [0.1, 0.15) is 0 Å². The van der Waals surface area contributed by atoms with Gasteiger partial charge in [0, 0.05) is 18.1 Å². The predicted molar refractivity (Wildman–Crippen MR) is 70.4 cm³/mol. The molecule has 0 aromatic carbocycles. The molecule has 0 fully saturated rings. The Hall–Kier alpha value is 0.434. The third-order valence-electron chi connectivity index (χ3n) is 2.71. The summed E-state index contributed by atoms with van der Waals surface area (Å²) < 4.78 is 0. The van der Waals surface area contributed by atoms with E-state index in [4.69, 9.17) is 0 Å². The lowest BCUT2D eigenvalue weighted by molar-refractivity contribution is 0.585. The summed E-state index contributed by atoms with van der Waals surface area (Å²) in [4.78, 5) is 0. The molecular weight excluding hydrogens is 188 g/mol. The van der Waals surface area contributed by atoms with Crippen molar-refractivity contribution < 1.29 is 0 Å². The van der Waals surface area contributed by atoms with E-state index in [1.807, 2.05) is 0 Å². The van der Waals surface area contributed by atoms with Crippen molar-refractivity contribution in [3.63, 3.8) is 0 Å². The van der Waals surface area contributed by atoms with Crippen molar-refractivity contribution in [2.75, 3.05) is 0 Å². The van der Waals surface area contributed by atoms with Gasteiger partial charge in [-0.15, -0.1) is 0 Å². The van der Waals surface area contributed by atoms with Crippen LogP contribution in [0.15, 0.2) is 0 Å². The lowest BCUT2D eigenvalue weighted by Crippen LogP contribution is -1.96. The van der Waals surface area contributed by atoms with Gasteiger partial charge in [0.2, 0.25) is 0 Å². The molecule has 0 nitrogen and oxygen atoms in total. The van der Waals surface area contributed by atoms with Gasteiger partial charge in [-0.2, -0.15) is 0 Å². The summed E-state index contributed by atoms with van der Waals surface area (Å²) in [6.45, 7) is 4.77. The van der Waals surface area contributed by atoms with Crippen LogP contribution in [0.2, 0.25) is 12.6 Å². The number of rotatable bonds is 10. The fourth-order valence-electron chi connectivity index (χ4n) is 1.74. The highest BCUT2D eigenvalue weighted by molar-refractivity contribution is 6.99. The molecule has 0 aliphatic heterocycles. The van der Waals surface area contributed by atoms with E-state index in [-0.39, 0.29) is 0 Å². The Morgan fingerprint density at radius 1 is 0.769 bits per heavy atom. The van der Waals surface area contributed by atoms with Crippen molar-refractivity contribution in [3.8, 4) is 0 Å². The largest absolute Gasteiger partial charge is 0.0771 e. The summed E-state index contributed by atoms with van der Waals surface area (Å²) in [5, 5.41) is 0. The van der Waals surface area contributed by atoms with E-state index in [1.165, 1.54) is 44.9 Å². The second-order valence-electron chi connectivity index (χ2n) is 4.18. The zero-order valence-electron chi connectivity index (χ0n) is 9.78. The molecular formula is C11H28Si2. The van der Waals surface area contributed by atoms with Gasteiger partial charge in [-0.3, -0.25) is 0 Å². The smallest absolute Gasteiger partial charge is 0.00770 e. The van der Waals surface area contributed by atoms with Gasteiger partial charge < -0.3 is 0 Å². The van der Waals surface area contributed by atoms with Crippen molar-refractivity contribution >= 4 is 18.1 Å². The van der Waals surface area contributed by atoms with E-state index in [0.29, 0.717) is 18.1 Å². The van der Waals surface area contributed by atoms with Crippen molar-refractivity contribution in [2.45, 2.75) is 70.9 Å². The molecule has 0 aliphatic rings. The Morgan fingerprint density at radius 2 is 1.31 bits per heavy atom. The third kappa shape index (κ3) is 12.4. The minimum atomic E-state index is 0.502. The minimum Gasteiger partial charge on any atom is -0.0771 e. The minimum absolute atomic E-state index is 0.502. The molecule has 0 bridgehead atoms. The maximum absolute atomic E-state index is 2.48. The third-order valence-corrected chi connectivity index (χ3v) is 8.04. The second kappa shape index (κ2) is 12.4. The highest BCUT2D eigenvalue weighted by Gasteiger charge is 1.91. The molecule has 0 aromatic rings. The Morgan fingerprint density at radius 3 is 1.85 bits per heavy atom. The van der Waals surface area contributed by atoms with Crippen molar-refractivity contribution in [2.24, 2.45) is 0 Å². The number of hydrogen-bond acceptors (Lipinski definition) is 0. The average molecular weight is 217 g/mol. The van der Waals surface area contributed by atoms with Crippen LogP contribution in [0.25, 0.3) is 0 Å². The van der Waals surface area contributed by atoms with Gasteiger partial charge in [0.05, 0.1) is 0 Å². The summed E-state index contributed by atoms with van der Waals surface area (Å²) in [6.07, 6.45) is 11.9. The normalized spacial score (nSPS) is 12.5. The van der Waals surface area contributed by atoms with Crippen LogP contribution in [0, 0.1) is 0 Å². The first-order chi connectivity index (χ1) is 6.41. The standard InChI is InChI=1S/C11H28Si2/c1-3-4-5-6-7-8-9-10-11-13-12-2/h3-13H2,1-2H3. The average Bonchev–Trinajstić information content (AvgIpc) is 2.16. The predicted octanol–water partition coefficient (Wildman–Crippen LogP) is 2.85. The molecule has 0 unspecified atom stereocenters.